The van der Waals surface area contributed by atoms with Crippen LogP contribution in [-0.2, 0) is 11.3 Å². The molecule has 1 aliphatic rings. The molecule has 0 radical (unpaired) electrons. The molecule has 27 heavy (non-hydrogen) atoms. The number of benzene rings is 2. The van der Waals surface area contributed by atoms with E-state index in [1.165, 1.54) is 4.90 Å². The lowest BCUT2D eigenvalue weighted by Crippen LogP contribution is -2.49. The molecule has 2 atom stereocenters. The standard InChI is InChI=1S/C20H19N3O4/c1-12-18(27-16-10-6-5-9-15(16)26-12)20(25)23(2)11-17-21-14-8-4-3-7-13(14)19(24)22-17/h3-10,12,18H,11H2,1-2H3,(H,21,22,24)/t12-,18+/m1/s1. The van der Waals surface area contributed by atoms with Crippen molar-refractivity contribution in [1.82, 2.24) is 14.9 Å². The first kappa shape index (κ1) is 17.1. The zero-order valence-electron chi connectivity index (χ0n) is 15.0. The number of likely N-dealkylation sites (N-methyl/N-ethyl adjacent to an activating group) is 1. The number of carbonyl (C=O) groups excluding carboxylic acids is 1. The number of fused-ring (bicyclic) bond motifs is 2. The summed E-state index contributed by atoms with van der Waals surface area (Å²) in [5, 5.41) is 0.518. The fraction of sp³-hybridized carbons (Fsp3) is 0.250. The lowest BCUT2D eigenvalue weighted by atomic mass is 10.1. The highest BCUT2D eigenvalue weighted by atomic mass is 16.6. The van der Waals surface area contributed by atoms with Gasteiger partial charge < -0.3 is 19.4 Å². The van der Waals surface area contributed by atoms with Crippen molar-refractivity contribution in [2.24, 2.45) is 0 Å². The predicted molar refractivity (Wildman–Crippen MR) is 99.8 cm³/mol. The Bertz CT molecular complexity index is 1060. The number of aromatic nitrogens is 2. The van der Waals surface area contributed by atoms with E-state index < -0.39 is 12.2 Å². The van der Waals surface area contributed by atoms with Crippen LogP contribution in [0.2, 0.25) is 0 Å². The van der Waals surface area contributed by atoms with Crippen molar-refractivity contribution in [2.75, 3.05) is 7.05 Å². The summed E-state index contributed by atoms with van der Waals surface area (Å²) in [5.41, 5.74) is 0.368. The van der Waals surface area contributed by atoms with Gasteiger partial charge in [0, 0.05) is 7.05 Å². The van der Waals surface area contributed by atoms with Gasteiger partial charge in [-0.3, -0.25) is 9.59 Å². The summed E-state index contributed by atoms with van der Waals surface area (Å²) in [5.74, 6) is 1.34. The number of para-hydroxylation sites is 3. The SMILES string of the molecule is C[C@H]1Oc2ccccc2O[C@@H]1C(=O)N(C)Cc1nc2ccccc2c(=O)[nH]1. The van der Waals surface area contributed by atoms with Gasteiger partial charge in [0.15, 0.2) is 11.5 Å². The van der Waals surface area contributed by atoms with E-state index in [2.05, 4.69) is 9.97 Å². The molecule has 0 spiro atoms. The highest BCUT2D eigenvalue weighted by Gasteiger charge is 2.36. The van der Waals surface area contributed by atoms with Gasteiger partial charge in [-0.05, 0) is 31.2 Å². The van der Waals surface area contributed by atoms with Gasteiger partial charge in [-0.2, -0.15) is 0 Å². The van der Waals surface area contributed by atoms with Crippen LogP contribution in [0.1, 0.15) is 12.7 Å². The van der Waals surface area contributed by atoms with Crippen molar-refractivity contribution in [3.8, 4) is 11.5 Å². The maximum atomic E-state index is 12.9. The van der Waals surface area contributed by atoms with Gasteiger partial charge in [0.25, 0.3) is 11.5 Å². The van der Waals surface area contributed by atoms with Crippen molar-refractivity contribution >= 4 is 16.8 Å². The zero-order chi connectivity index (χ0) is 19.0. The van der Waals surface area contributed by atoms with Crippen LogP contribution in [0.5, 0.6) is 11.5 Å². The molecular weight excluding hydrogens is 346 g/mol. The number of amides is 1. The molecule has 7 nitrogen and oxygen atoms in total. The molecule has 0 unspecified atom stereocenters. The quantitative estimate of drug-likeness (QED) is 0.768. The van der Waals surface area contributed by atoms with E-state index in [4.69, 9.17) is 9.47 Å². The van der Waals surface area contributed by atoms with Crippen LogP contribution >= 0.6 is 0 Å². The summed E-state index contributed by atoms with van der Waals surface area (Å²) in [7, 11) is 1.65. The van der Waals surface area contributed by atoms with E-state index >= 15 is 0 Å². The minimum Gasteiger partial charge on any atom is -0.482 e. The Morgan fingerprint density at radius 2 is 1.78 bits per heavy atom. The molecule has 2 heterocycles. The van der Waals surface area contributed by atoms with E-state index in [0.717, 1.165) is 0 Å². The Kier molecular flexibility index (Phi) is 4.27. The fourth-order valence-electron chi connectivity index (χ4n) is 3.12. The molecule has 0 bridgehead atoms. The van der Waals surface area contributed by atoms with Crippen LogP contribution in [0.15, 0.2) is 53.3 Å². The van der Waals surface area contributed by atoms with Gasteiger partial charge in [-0.25, -0.2) is 4.98 Å². The zero-order valence-corrected chi connectivity index (χ0v) is 15.0. The third kappa shape index (κ3) is 3.23. The average molecular weight is 365 g/mol. The number of carbonyl (C=O) groups is 1. The maximum Gasteiger partial charge on any atom is 0.267 e. The second-order valence-corrected chi connectivity index (χ2v) is 6.53. The second kappa shape index (κ2) is 6.75. The summed E-state index contributed by atoms with van der Waals surface area (Å²) in [6.07, 6.45) is -1.20. The maximum absolute atomic E-state index is 12.9. The Hall–Kier alpha value is -3.35. The molecule has 1 amide bonds. The molecular formula is C20H19N3O4. The lowest BCUT2D eigenvalue weighted by Gasteiger charge is -2.33. The number of nitrogens with zero attached hydrogens (tertiary/aromatic N) is 2. The van der Waals surface area contributed by atoms with Crippen molar-refractivity contribution in [3.05, 3.63) is 64.7 Å². The Labute approximate surface area is 155 Å². The first-order valence-electron chi connectivity index (χ1n) is 8.68. The first-order valence-corrected chi connectivity index (χ1v) is 8.68. The number of nitrogens with one attached hydrogen (secondary N) is 1. The summed E-state index contributed by atoms with van der Waals surface area (Å²) in [4.78, 5) is 33.7. The number of aromatic amines is 1. The third-order valence-corrected chi connectivity index (χ3v) is 4.51. The van der Waals surface area contributed by atoms with Gasteiger partial charge in [-0.1, -0.05) is 24.3 Å². The van der Waals surface area contributed by atoms with E-state index in [-0.39, 0.29) is 18.0 Å². The molecule has 1 aromatic heterocycles. The normalized spacial score (nSPS) is 18.3. The number of H-pyrrole nitrogens is 1. The van der Waals surface area contributed by atoms with Crippen molar-refractivity contribution in [3.63, 3.8) is 0 Å². The van der Waals surface area contributed by atoms with Crippen molar-refractivity contribution < 1.29 is 14.3 Å². The third-order valence-electron chi connectivity index (χ3n) is 4.51. The van der Waals surface area contributed by atoms with Crippen LogP contribution in [0.4, 0.5) is 0 Å². The molecule has 1 N–H and O–H groups in total. The molecule has 0 aliphatic carbocycles. The van der Waals surface area contributed by atoms with Crippen LogP contribution in [0.3, 0.4) is 0 Å². The molecule has 2 aromatic carbocycles. The minimum absolute atomic E-state index is 0.160. The van der Waals surface area contributed by atoms with E-state index in [0.29, 0.717) is 28.2 Å². The smallest absolute Gasteiger partial charge is 0.267 e. The largest absolute Gasteiger partial charge is 0.482 e. The second-order valence-electron chi connectivity index (χ2n) is 6.53. The van der Waals surface area contributed by atoms with Crippen molar-refractivity contribution in [1.29, 1.82) is 0 Å². The number of rotatable bonds is 3. The van der Waals surface area contributed by atoms with Crippen LogP contribution in [0.25, 0.3) is 10.9 Å². The van der Waals surface area contributed by atoms with Gasteiger partial charge in [0.05, 0.1) is 17.4 Å². The lowest BCUT2D eigenvalue weighted by molar-refractivity contribution is -0.143. The van der Waals surface area contributed by atoms with Crippen LogP contribution in [0, 0.1) is 0 Å². The monoisotopic (exact) mass is 365 g/mol. The number of hydrogen-bond acceptors (Lipinski definition) is 5. The van der Waals surface area contributed by atoms with E-state index in [1.54, 1.807) is 44.3 Å². The Balaban J connectivity index is 1.54. The fourth-order valence-corrected chi connectivity index (χ4v) is 3.12. The molecule has 1 aliphatic heterocycles. The highest BCUT2D eigenvalue weighted by molar-refractivity contribution is 5.82. The summed E-state index contributed by atoms with van der Waals surface area (Å²) < 4.78 is 11.6. The molecule has 0 fully saturated rings. The van der Waals surface area contributed by atoms with Gasteiger partial charge >= 0.3 is 0 Å². The Morgan fingerprint density at radius 1 is 1.11 bits per heavy atom. The van der Waals surface area contributed by atoms with E-state index in [9.17, 15) is 9.59 Å². The highest BCUT2D eigenvalue weighted by Crippen LogP contribution is 2.33. The topological polar surface area (TPSA) is 84.5 Å². The average Bonchev–Trinajstić information content (AvgIpc) is 2.67. The molecule has 7 heteroatoms. The molecule has 3 aromatic rings. The molecule has 4 rings (SSSR count). The number of ether oxygens (including phenoxy) is 2. The van der Waals surface area contributed by atoms with Crippen LogP contribution < -0.4 is 15.0 Å². The minimum atomic E-state index is -0.767. The number of hydrogen-bond donors (Lipinski definition) is 1. The molecule has 0 saturated heterocycles. The van der Waals surface area contributed by atoms with Gasteiger partial charge in [-0.15, -0.1) is 0 Å². The van der Waals surface area contributed by atoms with Crippen LogP contribution in [-0.4, -0.2) is 40.0 Å². The molecule has 0 saturated carbocycles. The summed E-state index contributed by atoms with van der Waals surface area (Å²) >= 11 is 0. The van der Waals surface area contributed by atoms with Crippen molar-refractivity contribution in [2.45, 2.75) is 25.7 Å². The molecule has 138 valence electrons. The predicted octanol–water partition coefficient (Wildman–Crippen LogP) is 2.11. The summed E-state index contributed by atoms with van der Waals surface area (Å²) in [6, 6.07) is 14.3. The van der Waals surface area contributed by atoms with Gasteiger partial charge in [0.1, 0.15) is 11.9 Å². The summed E-state index contributed by atoms with van der Waals surface area (Å²) in [6.45, 7) is 1.95. The first-order chi connectivity index (χ1) is 13.0. The van der Waals surface area contributed by atoms with E-state index in [1.807, 2.05) is 18.2 Å². The van der Waals surface area contributed by atoms with Gasteiger partial charge in [0.2, 0.25) is 6.10 Å². The Morgan fingerprint density at radius 3 is 2.56 bits per heavy atom.